The van der Waals surface area contributed by atoms with Gasteiger partial charge in [-0.15, -0.1) is 24.0 Å². The number of ether oxygens (including phenoxy) is 3. The molecule has 0 aliphatic heterocycles. The lowest BCUT2D eigenvalue weighted by atomic mass is 10.1. The minimum atomic E-state index is 0. The highest BCUT2D eigenvalue weighted by atomic mass is 127. The van der Waals surface area contributed by atoms with Crippen molar-refractivity contribution < 1.29 is 14.2 Å². The summed E-state index contributed by atoms with van der Waals surface area (Å²) in [6, 6.07) is 14.3. The number of likely N-dealkylation sites (N-methyl/N-ethyl adjacent to an activating group) is 1. The van der Waals surface area contributed by atoms with Gasteiger partial charge in [0.2, 0.25) is 0 Å². The number of guanidine groups is 1. The Hall–Kier alpha value is -2.00. The number of nitrogens with zero attached hydrogens (tertiary/aromatic N) is 2. The van der Waals surface area contributed by atoms with Crippen molar-refractivity contribution in [1.82, 2.24) is 10.2 Å². The van der Waals surface area contributed by atoms with Crippen LogP contribution >= 0.6 is 24.0 Å². The summed E-state index contributed by atoms with van der Waals surface area (Å²) < 4.78 is 16.0. The van der Waals surface area contributed by atoms with E-state index >= 15 is 0 Å². The Morgan fingerprint density at radius 2 is 1.70 bits per heavy atom. The first-order valence-corrected chi connectivity index (χ1v) is 9.89. The van der Waals surface area contributed by atoms with Gasteiger partial charge in [0.15, 0.2) is 17.5 Å². The fourth-order valence-corrected chi connectivity index (χ4v) is 3.08. The number of halogens is 1. The van der Waals surface area contributed by atoms with E-state index in [-0.39, 0.29) is 24.0 Å². The standard InChI is InChI=1S/C23H33N3O3.HI/c1-6-24-23(25-16-19-9-7-8-10-20(19)17-27-3)26(2)14-13-18-11-12-21(28-4)22(15-18)29-5;/h7-12,15H,6,13-14,16-17H2,1-5H3,(H,24,25);1H. The fourth-order valence-electron chi connectivity index (χ4n) is 3.08. The Balaban J connectivity index is 0.00000450. The number of methoxy groups -OCH3 is 3. The van der Waals surface area contributed by atoms with E-state index in [2.05, 4.69) is 42.4 Å². The molecule has 2 rings (SSSR count). The number of hydrogen-bond donors (Lipinski definition) is 1. The van der Waals surface area contributed by atoms with Crippen molar-refractivity contribution in [1.29, 1.82) is 0 Å². The molecule has 0 aromatic heterocycles. The second-order valence-electron chi connectivity index (χ2n) is 6.73. The second-order valence-corrected chi connectivity index (χ2v) is 6.73. The van der Waals surface area contributed by atoms with E-state index in [1.54, 1.807) is 21.3 Å². The molecule has 0 saturated heterocycles. The molecule has 2 aromatic rings. The molecular formula is C23H34IN3O3. The van der Waals surface area contributed by atoms with Crippen molar-refractivity contribution in [2.45, 2.75) is 26.5 Å². The number of rotatable bonds is 10. The van der Waals surface area contributed by atoms with Crippen LogP contribution in [-0.4, -0.2) is 52.3 Å². The van der Waals surface area contributed by atoms with Crippen LogP contribution in [0.4, 0.5) is 0 Å². The van der Waals surface area contributed by atoms with Crippen LogP contribution in [0.3, 0.4) is 0 Å². The van der Waals surface area contributed by atoms with Gasteiger partial charge >= 0.3 is 0 Å². The predicted octanol–water partition coefficient (Wildman–Crippen LogP) is 4.11. The van der Waals surface area contributed by atoms with Crippen molar-refractivity contribution >= 4 is 29.9 Å². The number of hydrogen-bond acceptors (Lipinski definition) is 4. The Morgan fingerprint density at radius 1 is 1.00 bits per heavy atom. The summed E-state index contributed by atoms with van der Waals surface area (Å²) in [7, 11) is 7.08. The topological polar surface area (TPSA) is 55.3 Å². The summed E-state index contributed by atoms with van der Waals surface area (Å²) in [5.41, 5.74) is 3.54. The van der Waals surface area contributed by atoms with E-state index in [1.165, 1.54) is 16.7 Å². The fraction of sp³-hybridized carbons (Fsp3) is 0.435. The number of nitrogens with one attached hydrogen (secondary N) is 1. The van der Waals surface area contributed by atoms with E-state index in [0.717, 1.165) is 37.0 Å². The maximum Gasteiger partial charge on any atom is 0.193 e. The molecule has 0 amide bonds. The Labute approximate surface area is 197 Å². The van der Waals surface area contributed by atoms with Crippen molar-refractivity contribution in [3.05, 3.63) is 59.2 Å². The third-order valence-electron chi connectivity index (χ3n) is 4.70. The van der Waals surface area contributed by atoms with E-state index in [1.807, 2.05) is 24.3 Å². The van der Waals surface area contributed by atoms with Crippen molar-refractivity contribution in [3.63, 3.8) is 0 Å². The average molecular weight is 527 g/mol. The molecule has 0 aliphatic carbocycles. The Bertz CT molecular complexity index is 799. The summed E-state index contributed by atoms with van der Waals surface area (Å²) in [6.45, 7) is 4.94. The molecule has 7 heteroatoms. The van der Waals surface area contributed by atoms with E-state index in [4.69, 9.17) is 19.2 Å². The van der Waals surface area contributed by atoms with Crippen LogP contribution in [-0.2, 0) is 24.3 Å². The highest BCUT2D eigenvalue weighted by Gasteiger charge is 2.09. The Morgan fingerprint density at radius 3 is 2.33 bits per heavy atom. The van der Waals surface area contributed by atoms with Crippen LogP contribution in [0.2, 0.25) is 0 Å². The minimum Gasteiger partial charge on any atom is -0.493 e. The lowest BCUT2D eigenvalue weighted by molar-refractivity contribution is 0.184. The molecule has 0 atom stereocenters. The molecule has 0 radical (unpaired) electrons. The van der Waals surface area contributed by atoms with Gasteiger partial charge in [0, 0.05) is 27.2 Å². The van der Waals surface area contributed by atoms with Crippen LogP contribution in [0.1, 0.15) is 23.6 Å². The van der Waals surface area contributed by atoms with Gasteiger partial charge in [-0.25, -0.2) is 4.99 Å². The summed E-state index contributed by atoms with van der Waals surface area (Å²) in [4.78, 5) is 6.98. The second kappa shape index (κ2) is 14.1. The van der Waals surface area contributed by atoms with Crippen molar-refractivity contribution in [3.8, 4) is 11.5 Å². The summed E-state index contributed by atoms with van der Waals surface area (Å²) in [6.07, 6.45) is 0.877. The molecule has 30 heavy (non-hydrogen) atoms. The van der Waals surface area contributed by atoms with Crippen LogP contribution in [0.5, 0.6) is 11.5 Å². The molecule has 1 N–H and O–H groups in total. The zero-order valence-electron chi connectivity index (χ0n) is 18.6. The Kier molecular flexibility index (Phi) is 12.2. The quantitative estimate of drug-likeness (QED) is 0.287. The molecule has 2 aromatic carbocycles. The van der Waals surface area contributed by atoms with Gasteiger partial charge in [-0.2, -0.15) is 0 Å². The highest BCUT2D eigenvalue weighted by Crippen LogP contribution is 2.27. The first kappa shape index (κ1) is 26.0. The van der Waals surface area contributed by atoms with Crippen molar-refractivity contribution in [2.75, 3.05) is 41.5 Å². The average Bonchev–Trinajstić information content (AvgIpc) is 2.75. The monoisotopic (exact) mass is 527 g/mol. The van der Waals surface area contributed by atoms with E-state index < -0.39 is 0 Å². The van der Waals surface area contributed by atoms with E-state index in [9.17, 15) is 0 Å². The maximum absolute atomic E-state index is 5.40. The highest BCUT2D eigenvalue weighted by molar-refractivity contribution is 14.0. The summed E-state index contributed by atoms with van der Waals surface area (Å²) in [5, 5.41) is 3.38. The summed E-state index contributed by atoms with van der Waals surface area (Å²) in [5.74, 6) is 2.39. The van der Waals surface area contributed by atoms with Crippen LogP contribution < -0.4 is 14.8 Å². The van der Waals surface area contributed by atoms with Crippen LogP contribution in [0, 0.1) is 0 Å². The van der Waals surface area contributed by atoms with Gasteiger partial charge in [-0.05, 0) is 42.2 Å². The van der Waals surface area contributed by atoms with E-state index in [0.29, 0.717) is 13.2 Å². The summed E-state index contributed by atoms with van der Waals surface area (Å²) >= 11 is 0. The SMILES string of the molecule is CCNC(=NCc1ccccc1COC)N(C)CCc1ccc(OC)c(OC)c1.I. The van der Waals surface area contributed by atoms with Crippen molar-refractivity contribution in [2.24, 2.45) is 4.99 Å². The minimum absolute atomic E-state index is 0. The molecule has 0 saturated carbocycles. The maximum atomic E-state index is 5.40. The van der Waals surface area contributed by atoms with Gasteiger partial charge in [-0.3, -0.25) is 0 Å². The normalized spacial score (nSPS) is 10.9. The lowest BCUT2D eigenvalue weighted by Crippen LogP contribution is -2.40. The molecule has 166 valence electrons. The molecule has 0 aliphatic rings. The first-order chi connectivity index (χ1) is 14.1. The zero-order chi connectivity index (χ0) is 21.1. The third kappa shape index (κ3) is 7.68. The third-order valence-corrected chi connectivity index (χ3v) is 4.70. The predicted molar refractivity (Wildman–Crippen MR) is 133 cm³/mol. The largest absolute Gasteiger partial charge is 0.493 e. The van der Waals surface area contributed by atoms with Crippen LogP contribution in [0.15, 0.2) is 47.5 Å². The molecule has 0 heterocycles. The van der Waals surface area contributed by atoms with Gasteiger partial charge in [0.1, 0.15) is 0 Å². The van der Waals surface area contributed by atoms with Gasteiger partial charge < -0.3 is 24.4 Å². The molecule has 0 bridgehead atoms. The van der Waals surface area contributed by atoms with Gasteiger partial charge in [-0.1, -0.05) is 30.3 Å². The van der Waals surface area contributed by atoms with Crippen LogP contribution in [0.25, 0.3) is 0 Å². The molecule has 0 fully saturated rings. The molecular weight excluding hydrogens is 493 g/mol. The smallest absolute Gasteiger partial charge is 0.193 e. The first-order valence-electron chi connectivity index (χ1n) is 9.89. The molecule has 0 unspecified atom stereocenters. The number of aliphatic imine (C=N–C) groups is 1. The number of benzene rings is 2. The molecule has 6 nitrogen and oxygen atoms in total. The zero-order valence-corrected chi connectivity index (χ0v) is 20.9. The molecule has 0 spiro atoms. The van der Waals surface area contributed by atoms with Gasteiger partial charge in [0.25, 0.3) is 0 Å². The lowest BCUT2D eigenvalue weighted by Gasteiger charge is -2.22. The van der Waals surface area contributed by atoms with Gasteiger partial charge in [0.05, 0.1) is 27.4 Å².